The van der Waals surface area contributed by atoms with Crippen molar-refractivity contribution < 1.29 is 9.84 Å². The van der Waals surface area contributed by atoms with Crippen LogP contribution in [-0.2, 0) is 4.74 Å². The molecule has 0 bridgehead atoms. The van der Waals surface area contributed by atoms with Gasteiger partial charge in [0.15, 0.2) is 0 Å². The first-order valence-corrected chi connectivity index (χ1v) is 5.74. The van der Waals surface area contributed by atoms with Crippen molar-refractivity contribution in [1.82, 2.24) is 4.90 Å². The van der Waals surface area contributed by atoms with Crippen LogP contribution in [0.25, 0.3) is 0 Å². The number of nitrogens with zero attached hydrogens (tertiary/aromatic N) is 1. The van der Waals surface area contributed by atoms with Crippen molar-refractivity contribution in [2.45, 2.75) is 45.3 Å². The minimum absolute atomic E-state index is 0.155. The summed E-state index contributed by atoms with van der Waals surface area (Å²) in [5.74, 6) is 0. The molecular weight excluding hydrogens is 178 g/mol. The van der Waals surface area contributed by atoms with Gasteiger partial charge in [0.05, 0.1) is 18.8 Å². The van der Waals surface area contributed by atoms with E-state index in [1.807, 2.05) is 6.92 Å². The summed E-state index contributed by atoms with van der Waals surface area (Å²) in [6.07, 6.45) is 3.38. The third-order valence-corrected chi connectivity index (χ3v) is 2.77. The summed E-state index contributed by atoms with van der Waals surface area (Å²) in [4.78, 5) is 2.44. The number of aliphatic hydroxyl groups is 1. The van der Waals surface area contributed by atoms with Gasteiger partial charge in [-0.25, -0.2) is 0 Å². The lowest BCUT2D eigenvalue weighted by atomic mass is 10.2. The van der Waals surface area contributed by atoms with Crippen LogP contribution in [0.5, 0.6) is 0 Å². The molecular formula is C11H23NO2. The van der Waals surface area contributed by atoms with E-state index >= 15 is 0 Å². The molecule has 0 aliphatic carbocycles. The highest BCUT2D eigenvalue weighted by atomic mass is 16.5. The SMILES string of the molecule is CCC1CN(CCCC(C)O)CCO1. The minimum atomic E-state index is -0.155. The van der Waals surface area contributed by atoms with Crippen molar-refractivity contribution >= 4 is 0 Å². The molecule has 2 unspecified atom stereocenters. The van der Waals surface area contributed by atoms with Crippen LogP contribution >= 0.6 is 0 Å². The lowest BCUT2D eigenvalue weighted by molar-refractivity contribution is -0.0305. The quantitative estimate of drug-likeness (QED) is 0.727. The van der Waals surface area contributed by atoms with Crippen LogP contribution in [0.2, 0.25) is 0 Å². The largest absolute Gasteiger partial charge is 0.393 e. The molecule has 14 heavy (non-hydrogen) atoms. The topological polar surface area (TPSA) is 32.7 Å². The number of hydrogen-bond donors (Lipinski definition) is 1. The summed E-state index contributed by atoms with van der Waals surface area (Å²) in [6.45, 7) is 8.11. The smallest absolute Gasteiger partial charge is 0.0700 e. The van der Waals surface area contributed by atoms with Crippen molar-refractivity contribution in [2.24, 2.45) is 0 Å². The first-order valence-electron chi connectivity index (χ1n) is 5.74. The van der Waals surface area contributed by atoms with E-state index in [1.165, 1.54) is 0 Å². The van der Waals surface area contributed by atoms with Gasteiger partial charge in [0.2, 0.25) is 0 Å². The zero-order chi connectivity index (χ0) is 10.4. The predicted octanol–water partition coefficient (Wildman–Crippen LogP) is 1.26. The minimum Gasteiger partial charge on any atom is -0.393 e. The maximum atomic E-state index is 9.14. The molecule has 3 heteroatoms. The van der Waals surface area contributed by atoms with E-state index in [2.05, 4.69) is 11.8 Å². The van der Waals surface area contributed by atoms with E-state index in [0.29, 0.717) is 6.10 Å². The van der Waals surface area contributed by atoms with Gasteiger partial charge in [-0.3, -0.25) is 4.90 Å². The first kappa shape index (κ1) is 12.0. The fourth-order valence-electron chi connectivity index (χ4n) is 1.84. The van der Waals surface area contributed by atoms with E-state index in [0.717, 1.165) is 45.5 Å². The second-order valence-electron chi connectivity index (χ2n) is 4.19. The van der Waals surface area contributed by atoms with E-state index < -0.39 is 0 Å². The number of ether oxygens (including phenoxy) is 1. The highest BCUT2D eigenvalue weighted by Gasteiger charge is 2.18. The molecule has 1 aliphatic rings. The monoisotopic (exact) mass is 201 g/mol. The fourth-order valence-corrected chi connectivity index (χ4v) is 1.84. The lowest BCUT2D eigenvalue weighted by Gasteiger charge is -2.32. The van der Waals surface area contributed by atoms with E-state index in [4.69, 9.17) is 9.84 Å². The zero-order valence-corrected chi connectivity index (χ0v) is 9.41. The van der Waals surface area contributed by atoms with Crippen LogP contribution < -0.4 is 0 Å². The van der Waals surface area contributed by atoms with E-state index in [-0.39, 0.29) is 6.10 Å². The van der Waals surface area contributed by atoms with Gasteiger partial charge in [0, 0.05) is 13.1 Å². The van der Waals surface area contributed by atoms with Crippen LogP contribution in [0.3, 0.4) is 0 Å². The van der Waals surface area contributed by atoms with Crippen molar-refractivity contribution in [1.29, 1.82) is 0 Å². The molecule has 0 radical (unpaired) electrons. The van der Waals surface area contributed by atoms with Crippen molar-refractivity contribution in [2.75, 3.05) is 26.2 Å². The molecule has 1 fully saturated rings. The molecule has 3 nitrogen and oxygen atoms in total. The average molecular weight is 201 g/mol. The Morgan fingerprint density at radius 3 is 3.00 bits per heavy atom. The molecule has 1 saturated heterocycles. The summed E-state index contributed by atoms with van der Waals surface area (Å²) in [5.41, 5.74) is 0. The average Bonchev–Trinajstić information content (AvgIpc) is 2.18. The Morgan fingerprint density at radius 2 is 2.36 bits per heavy atom. The molecule has 0 aromatic heterocycles. The molecule has 84 valence electrons. The van der Waals surface area contributed by atoms with Gasteiger partial charge in [-0.15, -0.1) is 0 Å². The van der Waals surface area contributed by atoms with Crippen LogP contribution in [0, 0.1) is 0 Å². The fraction of sp³-hybridized carbons (Fsp3) is 1.00. The zero-order valence-electron chi connectivity index (χ0n) is 9.41. The molecule has 1 rings (SSSR count). The van der Waals surface area contributed by atoms with Crippen LogP contribution in [0.4, 0.5) is 0 Å². The summed E-state index contributed by atoms with van der Waals surface area (Å²) >= 11 is 0. The molecule has 0 aromatic rings. The molecule has 0 aromatic carbocycles. The first-order chi connectivity index (χ1) is 6.72. The second-order valence-corrected chi connectivity index (χ2v) is 4.19. The Balaban J connectivity index is 2.11. The van der Waals surface area contributed by atoms with Gasteiger partial charge < -0.3 is 9.84 Å². The Labute approximate surface area is 87.1 Å². The summed E-state index contributed by atoms with van der Waals surface area (Å²) < 4.78 is 5.59. The Bertz CT molecular complexity index is 150. The maximum absolute atomic E-state index is 9.14. The van der Waals surface area contributed by atoms with Gasteiger partial charge in [-0.05, 0) is 32.7 Å². The third kappa shape index (κ3) is 4.40. The Hall–Kier alpha value is -0.120. The predicted molar refractivity (Wildman–Crippen MR) is 57.4 cm³/mol. The van der Waals surface area contributed by atoms with E-state index in [9.17, 15) is 0 Å². The summed E-state index contributed by atoms with van der Waals surface area (Å²) in [7, 11) is 0. The highest BCUT2D eigenvalue weighted by molar-refractivity contribution is 4.70. The van der Waals surface area contributed by atoms with Crippen LogP contribution in [0.1, 0.15) is 33.1 Å². The number of morpholine rings is 1. The van der Waals surface area contributed by atoms with Crippen LogP contribution in [0.15, 0.2) is 0 Å². The van der Waals surface area contributed by atoms with Gasteiger partial charge in [-0.2, -0.15) is 0 Å². The molecule has 0 amide bonds. The second kappa shape index (κ2) is 6.38. The Morgan fingerprint density at radius 1 is 1.57 bits per heavy atom. The number of rotatable bonds is 5. The van der Waals surface area contributed by atoms with Crippen molar-refractivity contribution in [3.05, 3.63) is 0 Å². The highest BCUT2D eigenvalue weighted by Crippen LogP contribution is 2.09. The summed E-state index contributed by atoms with van der Waals surface area (Å²) in [6, 6.07) is 0. The lowest BCUT2D eigenvalue weighted by Crippen LogP contribution is -2.42. The van der Waals surface area contributed by atoms with Crippen molar-refractivity contribution in [3.63, 3.8) is 0 Å². The van der Waals surface area contributed by atoms with Crippen LogP contribution in [-0.4, -0.2) is 48.5 Å². The molecule has 0 spiro atoms. The number of hydrogen-bond acceptors (Lipinski definition) is 3. The Kier molecular flexibility index (Phi) is 5.45. The molecule has 1 heterocycles. The number of aliphatic hydroxyl groups excluding tert-OH is 1. The van der Waals surface area contributed by atoms with Gasteiger partial charge >= 0.3 is 0 Å². The van der Waals surface area contributed by atoms with Gasteiger partial charge in [0.25, 0.3) is 0 Å². The third-order valence-electron chi connectivity index (χ3n) is 2.77. The summed E-state index contributed by atoms with van der Waals surface area (Å²) in [5, 5.41) is 9.14. The van der Waals surface area contributed by atoms with Crippen molar-refractivity contribution in [3.8, 4) is 0 Å². The molecule has 1 aliphatic heterocycles. The normalized spacial score (nSPS) is 26.4. The standard InChI is InChI=1S/C11H23NO2/c1-3-11-9-12(7-8-14-11)6-4-5-10(2)13/h10-11,13H,3-9H2,1-2H3. The van der Waals surface area contributed by atoms with Gasteiger partial charge in [0.1, 0.15) is 0 Å². The van der Waals surface area contributed by atoms with Gasteiger partial charge in [-0.1, -0.05) is 6.92 Å². The molecule has 1 N–H and O–H groups in total. The van der Waals surface area contributed by atoms with E-state index in [1.54, 1.807) is 0 Å². The maximum Gasteiger partial charge on any atom is 0.0700 e. The molecule has 0 saturated carbocycles. The molecule has 2 atom stereocenters.